The molecule has 0 bridgehead atoms. The van der Waals surface area contributed by atoms with Crippen molar-refractivity contribution in [3.8, 4) is 0 Å². The van der Waals surface area contributed by atoms with Crippen LogP contribution in [-0.2, 0) is 4.79 Å². The normalized spacial score (nSPS) is 18.5. The number of halogens is 3. The molecule has 39 heavy (non-hydrogen) atoms. The second-order valence-corrected chi connectivity index (χ2v) is 10.5. The highest BCUT2D eigenvalue weighted by atomic mass is 19.4. The summed E-state index contributed by atoms with van der Waals surface area (Å²) >= 11 is 0. The molecule has 6 rings (SSSR count). The number of carbonyl (C=O) groups excluding carboxylic acids is 2. The zero-order valence-corrected chi connectivity index (χ0v) is 21.2. The van der Waals surface area contributed by atoms with Gasteiger partial charge in [0.05, 0.1) is 6.42 Å². The van der Waals surface area contributed by atoms with Gasteiger partial charge in [0.2, 0.25) is 11.9 Å². The van der Waals surface area contributed by atoms with Crippen LogP contribution < -0.4 is 10.6 Å². The number of amides is 2. The highest BCUT2D eigenvalue weighted by Crippen LogP contribution is 2.35. The van der Waals surface area contributed by atoms with Gasteiger partial charge in [0.1, 0.15) is 0 Å². The Morgan fingerprint density at radius 2 is 1.85 bits per heavy atom. The molecule has 2 amide bonds. The van der Waals surface area contributed by atoms with Crippen LogP contribution in [0.15, 0.2) is 48.7 Å². The summed E-state index contributed by atoms with van der Waals surface area (Å²) in [7, 11) is 0. The predicted octanol–water partition coefficient (Wildman–Crippen LogP) is 3.48. The van der Waals surface area contributed by atoms with Crippen molar-refractivity contribution < 1.29 is 22.8 Å². The van der Waals surface area contributed by atoms with E-state index in [0.717, 1.165) is 43.0 Å². The van der Waals surface area contributed by atoms with Crippen molar-refractivity contribution in [2.45, 2.75) is 25.4 Å². The molecular formula is C27H28F3N7O2. The number of pyridine rings is 1. The van der Waals surface area contributed by atoms with Crippen LogP contribution in [0.2, 0.25) is 0 Å². The van der Waals surface area contributed by atoms with Gasteiger partial charge in [0.15, 0.2) is 5.65 Å². The van der Waals surface area contributed by atoms with Crippen molar-refractivity contribution in [3.63, 3.8) is 0 Å². The van der Waals surface area contributed by atoms with Crippen molar-refractivity contribution >= 4 is 34.7 Å². The average molecular weight is 540 g/mol. The van der Waals surface area contributed by atoms with E-state index >= 15 is 0 Å². The van der Waals surface area contributed by atoms with Gasteiger partial charge in [0.25, 0.3) is 5.91 Å². The van der Waals surface area contributed by atoms with Crippen LogP contribution >= 0.6 is 0 Å². The Hall–Kier alpha value is -3.93. The molecule has 2 fully saturated rings. The van der Waals surface area contributed by atoms with E-state index in [1.165, 1.54) is 4.90 Å². The van der Waals surface area contributed by atoms with Crippen LogP contribution in [0.5, 0.6) is 0 Å². The van der Waals surface area contributed by atoms with Crippen LogP contribution in [0.1, 0.15) is 35.2 Å². The zero-order chi connectivity index (χ0) is 27.2. The first-order chi connectivity index (χ1) is 18.7. The molecule has 1 aromatic carbocycles. The van der Waals surface area contributed by atoms with Crippen LogP contribution in [0.25, 0.3) is 11.2 Å². The minimum atomic E-state index is -4.34. The molecule has 12 heteroatoms. The maximum absolute atomic E-state index is 12.7. The summed E-state index contributed by atoms with van der Waals surface area (Å²) in [5, 5.41) is 11.0. The lowest BCUT2D eigenvalue weighted by molar-refractivity contribution is -0.148. The van der Waals surface area contributed by atoms with Crippen LogP contribution in [0, 0.1) is 5.41 Å². The number of hydrogen-bond acceptors (Lipinski definition) is 6. The Morgan fingerprint density at radius 3 is 2.49 bits per heavy atom. The fourth-order valence-corrected chi connectivity index (χ4v) is 5.37. The van der Waals surface area contributed by atoms with Crippen LogP contribution in [-0.4, -0.2) is 81.7 Å². The third-order valence-electron chi connectivity index (χ3n) is 7.62. The molecule has 0 radical (unpaired) electrons. The summed E-state index contributed by atoms with van der Waals surface area (Å²) < 4.78 is 39.1. The summed E-state index contributed by atoms with van der Waals surface area (Å²) in [4.78, 5) is 32.9. The molecule has 2 aromatic heterocycles. The summed E-state index contributed by atoms with van der Waals surface area (Å²) in [6.07, 6.45) is -1.82. The largest absolute Gasteiger partial charge is 0.389 e. The third-order valence-corrected chi connectivity index (χ3v) is 7.62. The van der Waals surface area contributed by atoms with Gasteiger partial charge in [-0.3, -0.25) is 9.59 Å². The Kier molecular flexibility index (Phi) is 6.29. The zero-order valence-electron chi connectivity index (χ0n) is 21.2. The molecule has 3 aromatic rings. The molecule has 1 spiro atoms. The second kappa shape index (κ2) is 9.67. The van der Waals surface area contributed by atoms with Gasteiger partial charge in [-0.15, -0.1) is 5.10 Å². The second-order valence-electron chi connectivity index (χ2n) is 10.5. The number of hydrogen-bond donors (Lipinski definition) is 2. The average Bonchev–Trinajstić information content (AvgIpc) is 3.28. The van der Waals surface area contributed by atoms with E-state index in [0.29, 0.717) is 30.1 Å². The SMILES string of the molecule is O=C(CCC(F)(F)F)N1CC=C(c2cccn3nc(Nc4ccc(C(=O)N5CC6(CNC6)C5)cc4)nc23)CC1. The van der Waals surface area contributed by atoms with Gasteiger partial charge >= 0.3 is 6.18 Å². The number of carbonyl (C=O) groups is 2. The minimum absolute atomic E-state index is 0.0379. The van der Waals surface area contributed by atoms with Crippen LogP contribution in [0.3, 0.4) is 0 Å². The first kappa shape index (κ1) is 25.4. The number of alkyl halides is 3. The van der Waals surface area contributed by atoms with Gasteiger partial charge in [-0.25, -0.2) is 4.52 Å². The Labute approximate surface area is 222 Å². The van der Waals surface area contributed by atoms with Crippen molar-refractivity contribution in [1.82, 2.24) is 29.7 Å². The molecular weight excluding hydrogens is 511 g/mol. The van der Waals surface area contributed by atoms with E-state index in [2.05, 4.69) is 20.7 Å². The van der Waals surface area contributed by atoms with Gasteiger partial charge in [-0.2, -0.15) is 18.2 Å². The molecule has 2 N–H and O–H groups in total. The molecule has 2 saturated heterocycles. The van der Waals surface area contributed by atoms with Gasteiger partial charge < -0.3 is 20.4 Å². The standard InChI is InChI=1S/C27H28F3N7O2/c28-27(29,30)10-7-22(38)35-12-8-18(9-13-35)21-2-1-11-37-23(21)33-25(34-37)32-20-5-3-19(4-6-20)24(39)36-16-26(17-36)14-31-15-26/h1-6,8,11,31H,7,9-10,12-17H2,(H,32,34). The van der Waals surface area contributed by atoms with Gasteiger partial charge in [-0.05, 0) is 48.4 Å². The summed E-state index contributed by atoms with van der Waals surface area (Å²) in [5.74, 6) is -0.0630. The summed E-state index contributed by atoms with van der Waals surface area (Å²) in [5.41, 5.74) is 4.13. The van der Waals surface area contributed by atoms with E-state index in [4.69, 9.17) is 0 Å². The number of aromatic nitrogens is 3. The lowest BCUT2D eigenvalue weighted by Gasteiger charge is -2.56. The Bertz CT molecular complexity index is 1440. The summed E-state index contributed by atoms with van der Waals surface area (Å²) in [6, 6.07) is 11.0. The number of likely N-dealkylation sites (tertiary alicyclic amines) is 1. The molecule has 204 valence electrons. The molecule has 0 aliphatic carbocycles. The highest BCUT2D eigenvalue weighted by Gasteiger charge is 2.49. The van der Waals surface area contributed by atoms with E-state index in [9.17, 15) is 22.8 Å². The molecule has 3 aliphatic rings. The molecule has 5 heterocycles. The van der Waals surface area contributed by atoms with Crippen molar-refractivity contribution in [2.24, 2.45) is 5.41 Å². The van der Waals surface area contributed by atoms with Gasteiger partial charge in [-0.1, -0.05) is 6.08 Å². The maximum atomic E-state index is 12.7. The molecule has 0 unspecified atom stereocenters. The number of nitrogens with one attached hydrogen (secondary N) is 2. The van der Waals surface area contributed by atoms with E-state index in [-0.39, 0.29) is 17.9 Å². The minimum Gasteiger partial charge on any atom is -0.339 e. The monoisotopic (exact) mass is 539 g/mol. The predicted molar refractivity (Wildman–Crippen MR) is 138 cm³/mol. The van der Waals surface area contributed by atoms with E-state index < -0.39 is 24.9 Å². The highest BCUT2D eigenvalue weighted by molar-refractivity contribution is 5.95. The quantitative estimate of drug-likeness (QED) is 0.498. The Morgan fingerprint density at radius 1 is 1.08 bits per heavy atom. The van der Waals surface area contributed by atoms with Crippen LogP contribution in [0.4, 0.5) is 24.8 Å². The molecule has 9 nitrogen and oxygen atoms in total. The molecule has 0 atom stereocenters. The smallest absolute Gasteiger partial charge is 0.339 e. The number of anilines is 2. The maximum Gasteiger partial charge on any atom is 0.389 e. The fourth-order valence-electron chi connectivity index (χ4n) is 5.37. The third kappa shape index (κ3) is 5.20. The van der Waals surface area contributed by atoms with Gasteiger partial charge in [0, 0.05) is 74.1 Å². The molecule has 3 aliphatic heterocycles. The lowest BCUT2D eigenvalue weighted by Crippen LogP contribution is -2.71. The van der Waals surface area contributed by atoms with E-state index in [1.54, 1.807) is 22.8 Å². The topological polar surface area (TPSA) is 94.9 Å². The van der Waals surface area contributed by atoms with Crippen molar-refractivity contribution in [2.75, 3.05) is 44.6 Å². The number of fused-ring (bicyclic) bond motifs is 1. The van der Waals surface area contributed by atoms with Crippen molar-refractivity contribution in [1.29, 1.82) is 0 Å². The fraction of sp³-hybridized carbons (Fsp3) is 0.407. The first-order valence-electron chi connectivity index (χ1n) is 12.9. The molecule has 0 saturated carbocycles. The van der Waals surface area contributed by atoms with Crippen molar-refractivity contribution in [3.05, 3.63) is 59.8 Å². The number of nitrogens with zero attached hydrogens (tertiary/aromatic N) is 5. The first-order valence-corrected chi connectivity index (χ1v) is 12.9. The Balaban J connectivity index is 1.10. The number of rotatable bonds is 6. The number of benzene rings is 1. The summed E-state index contributed by atoms with van der Waals surface area (Å²) in [6.45, 7) is 4.17. The van der Waals surface area contributed by atoms with E-state index in [1.807, 2.05) is 35.2 Å². The lowest BCUT2D eigenvalue weighted by atomic mass is 9.74.